The summed E-state index contributed by atoms with van der Waals surface area (Å²) in [7, 11) is 1.62. The Hall–Kier alpha value is -2.93. The molecule has 0 aliphatic carbocycles. The number of hydrogen-bond donors (Lipinski definition) is 1. The van der Waals surface area contributed by atoms with Gasteiger partial charge in [0.05, 0.1) is 25.0 Å². The Labute approximate surface area is 142 Å². The Kier molecular flexibility index (Phi) is 3.62. The molecule has 0 fully saturated rings. The van der Waals surface area contributed by atoms with Gasteiger partial charge in [-0.3, -0.25) is 9.88 Å². The van der Waals surface area contributed by atoms with E-state index in [1.807, 2.05) is 41.8 Å². The molecule has 120 valence electrons. The van der Waals surface area contributed by atoms with Crippen LogP contribution in [0.4, 0.5) is 16.3 Å². The number of benzene rings is 1. The average Bonchev–Trinajstić information content (AvgIpc) is 3.11. The van der Waals surface area contributed by atoms with Gasteiger partial charge >= 0.3 is 6.03 Å². The molecule has 2 amide bonds. The van der Waals surface area contributed by atoms with E-state index in [0.29, 0.717) is 12.4 Å². The smallest absolute Gasteiger partial charge is 0.327 e. The molecule has 0 saturated heterocycles. The van der Waals surface area contributed by atoms with Gasteiger partial charge in [0.1, 0.15) is 16.6 Å². The Balaban J connectivity index is 1.68. The summed E-state index contributed by atoms with van der Waals surface area (Å²) >= 11 is 1.46. The SMILES string of the molecule is COc1cccc2c1CN(c1csc(-c3ccccn3)n1)C(=O)N2. The van der Waals surface area contributed by atoms with Crippen LogP contribution in [0.25, 0.3) is 10.7 Å². The third-order valence-corrected chi connectivity index (χ3v) is 4.66. The zero-order chi connectivity index (χ0) is 16.5. The van der Waals surface area contributed by atoms with Crippen molar-refractivity contribution in [2.75, 3.05) is 17.3 Å². The maximum Gasteiger partial charge on any atom is 0.327 e. The second-order valence-electron chi connectivity index (χ2n) is 5.23. The summed E-state index contributed by atoms with van der Waals surface area (Å²) in [4.78, 5) is 22.9. The number of carbonyl (C=O) groups is 1. The lowest BCUT2D eigenvalue weighted by molar-refractivity contribution is 0.255. The van der Waals surface area contributed by atoms with E-state index in [-0.39, 0.29) is 6.03 Å². The fourth-order valence-corrected chi connectivity index (χ4v) is 3.42. The molecule has 3 heterocycles. The minimum Gasteiger partial charge on any atom is -0.496 e. The highest BCUT2D eigenvalue weighted by Gasteiger charge is 2.27. The van der Waals surface area contributed by atoms with Gasteiger partial charge < -0.3 is 10.1 Å². The van der Waals surface area contributed by atoms with Gasteiger partial charge in [-0.25, -0.2) is 9.78 Å². The first-order valence-corrected chi connectivity index (χ1v) is 8.25. The minimum atomic E-state index is -0.200. The Morgan fingerprint density at radius 1 is 1.25 bits per heavy atom. The molecule has 1 aliphatic rings. The van der Waals surface area contributed by atoms with Crippen molar-refractivity contribution in [1.82, 2.24) is 9.97 Å². The lowest BCUT2D eigenvalue weighted by Crippen LogP contribution is -2.39. The third kappa shape index (κ3) is 2.48. The van der Waals surface area contributed by atoms with Crippen LogP contribution in [0.15, 0.2) is 48.0 Å². The molecule has 0 spiro atoms. The van der Waals surface area contributed by atoms with Gasteiger partial charge in [-0.2, -0.15) is 0 Å². The number of rotatable bonds is 3. The highest BCUT2D eigenvalue weighted by Crippen LogP contribution is 2.35. The molecule has 0 radical (unpaired) electrons. The van der Waals surface area contributed by atoms with Crippen molar-refractivity contribution in [3.8, 4) is 16.5 Å². The van der Waals surface area contributed by atoms with Crippen molar-refractivity contribution in [2.45, 2.75) is 6.54 Å². The number of thiazole rings is 1. The summed E-state index contributed by atoms with van der Waals surface area (Å²) in [6.07, 6.45) is 1.73. The molecule has 0 bridgehead atoms. The maximum absolute atomic E-state index is 12.4. The molecule has 4 rings (SSSR count). The summed E-state index contributed by atoms with van der Waals surface area (Å²) in [6, 6.07) is 11.1. The molecule has 0 atom stereocenters. The van der Waals surface area contributed by atoms with Gasteiger partial charge in [0.15, 0.2) is 0 Å². The molecule has 2 aromatic heterocycles. The van der Waals surface area contributed by atoms with Crippen LogP contribution in [0, 0.1) is 0 Å². The number of carbonyl (C=O) groups excluding carboxylic acids is 1. The lowest BCUT2D eigenvalue weighted by Gasteiger charge is -2.28. The second kappa shape index (κ2) is 5.93. The quantitative estimate of drug-likeness (QED) is 0.789. The van der Waals surface area contributed by atoms with Gasteiger partial charge in [0, 0.05) is 17.1 Å². The van der Waals surface area contributed by atoms with Crippen LogP contribution in [-0.4, -0.2) is 23.1 Å². The van der Waals surface area contributed by atoms with Crippen molar-refractivity contribution >= 4 is 28.9 Å². The van der Waals surface area contributed by atoms with Crippen LogP contribution in [0.5, 0.6) is 5.75 Å². The fraction of sp³-hybridized carbons (Fsp3) is 0.118. The van der Waals surface area contributed by atoms with Gasteiger partial charge in [-0.05, 0) is 24.3 Å². The molecular weight excluding hydrogens is 324 g/mol. The molecule has 1 N–H and O–H groups in total. The minimum absolute atomic E-state index is 0.200. The highest BCUT2D eigenvalue weighted by molar-refractivity contribution is 7.13. The standard InChI is InChI=1S/C17H14N4O2S/c1-23-14-7-4-6-12-11(14)9-21(17(22)19-12)15-10-24-16(20-15)13-5-2-3-8-18-13/h2-8,10H,9H2,1H3,(H,19,22). The molecule has 0 saturated carbocycles. The number of ether oxygens (including phenoxy) is 1. The number of nitrogens with one attached hydrogen (secondary N) is 1. The van der Waals surface area contributed by atoms with Crippen LogP contribution in [0.1, 0.15) is 5.56 Å². The number of nitrogens with zero attached hydrogens (tertiary/aromatic N) is 3. The van der Waals surface area contributed by atoms with E-state index in [1.165, 1.54) is 11.3 Å². The zero-order valence-electron chi connectivity index (χ0n) is 12.9. The number of pyridine rings is 1. The average molecular weight is 338 g/mol. The van der Waals surface area contributed by atoms with Gasteiger partial charge in [0.25, 0.3) is 0 Å². The first-order chi connectivity index (χ1) is 11.8. The summed E-state index contributed by atoms with van der Waals surface area (Å²) in [5, 5.41) is 5.53. The van der Waals surface area contributed by atoms with Gasteiger partial charge in [-0.15, -0.1) is 11.3 Å². The number of hydrogen-bond acceptors (Lipinski definition) is 5. The summed E-state index contributed by atoms with van der Waals surface area (Å²) < 4.78 is 5.40. The summed E-state index contributed by atoms with van der Waals surface area (Å²) in [5.41, 5.74) is 2.51. The molecule has 1 aliphatic heterocycles. The van der Waals surface area contributed by atoms with Crippen molar-refractivity contribution in [2.24, 2.45) is 0 Å². The van der Waals surface area contributed by atoms with Crippen LogP contribution in [0.3, 0.4) is 0 Å². The first kappa shape index (κ1) is 14.6. The number of urea groups is 1. The number of anilines is 2. The number of fused-ring (bicyclic) bond motifs is 1. The van der Waals surface area contributed by atoms with Crippen molar-refractivity contribution in [1.29, 1.82) is 0 Å². The molecule has 24 heavy (non-hydrogen) atoms. The monoisotopic (exact) mass is 338 g/mol. The molecule has 3 aromatic rings. The summed E-state index contributed by atoms with van der Waals surface area (Å²) in [5.74, 6) is 1.35. The summed E-state index contributed by atoms with van der Waals surface area (Å²) in [6.45, 7) is 0.413. The topological polar surface area (TPSA) is 67.3 Å². The largest absolute Gasteiger partial charge is 0.496 e. The van der Waals surface area contributed by atoms with Crippen molar-refractivity contribution in [3.05, 3.63) is 53.5 Å². The van der Waals surface area contributed by atoms with E-state index in [1.54, 1.807) is 18.2 Å². The lowest BCUT2D eigenvalue weighted by atomic mass is 10.1. The molecule has 0 unspecified atom stereocenters. The normalized spacial score (nSPS) is 13.4. The van der Waals surface area contributed by atoms with E-state index in [9.17, 15) is 4.79 Å². The van der Waals surface area contributed by atoms with E-state index in [4.69, 9.17) is 4.74 Å². The van der Waals surface area contributed by atoms with Crippen molar-refractivity contribution in [3.63, 3.8) is 0 Å². The second-order valence-corrected chi connectivity index (χ2v) is 6.09. The molecule has 1 aromatic carbocycles. The van der Waals surface area contributed by atoms with Crippen LogP contribution >= 0.6 is 11.3 Å². The Bertz CT molecular complexity index is 895. The predicted molar refractivity (Wildman–Crippen MR) is 93.5 cm³/mol. The predicted octanol–water partition coefficient (Wildman–Crippen LogP) is 3.77. The molecular formula is C17H14N4O2S. The van der Waals surface area contributed by atoms with Crippen LogP contribution < -0.4 is 15.0 Å². The number of methoxy groups -OCH3 is 1. The van der Waals surface area contributed by atoms with Crippen LogP contribution in [0.2, 0.25) is 0 Å². The van der Waals surface area contributed by atoms with Crippen molar-refractivity contribution < 1.29 is 9.53 Å². The van der Waals surface area contributed by atoms with Crippen LogP contribution in [-0.2, 0) is 6.54 Å². The van der Waals surface area contributed by atoms with Gasteiger partial charge in [-0.1, -0.05) is 12.1 Å². The number of amides is 2. The Morgan fingerprint density at radius 3 is 2.96 bits per heavy atom. The van der Waals surface area contributed by atoms with E-state index in [2.05, 4.69) is 15.3 Å². The van der Waals surface area contributed by atoms with E-state index < -0.39 is 0 Å². The molecule has 7 heteroatoms. The number of aromatic nitrogens is 2. The fourth-order valence-electron chi connectivity index (χ4n) is 2.63. The first-order valence-electron chi connectivity index (χ1n) is 7.37. The highest BCUT2D eigenvalue weighted by atomic mass is 32.1. The maximum atomic E-state index is 12.4. The Morgan fingerprint density at radius 2 is 2.17 bits per heavy atom. The van der Waals surface area contributed by atoms with E-state index in [0.717, 1.165) is 27.7 Å². The molecule has 6 nitrogen and oxygen atoms in total. The third-order valence-electron chi connectivity index (χ3n) is 3.81. The zero-order valence-corrected chi connectivity index (χ0v) is 13.7. The van der Waals surface area contributed by atoms with Gasteiger partial charge in [0.2, 0.25) is 0 Å². The van der Waals surface area contributed by atoms with E-state index >= 15 is 0 Å².